The number of nitrogens with one attached hydrogen (secondary N) is 2. The third-order valence-electron chi connectivity index (χ3n) is 5.73. The van der Waals surface area contributed by atoms with Gasteiger partial charge < -0.3 is 28.4 Å². The quantitative estimate of drug-likeness (QED) is 0.345. The van der Waals surface area contributed by atoms with E-state index in [1.165, 1.54) is 6.54 Å². The Labute approximate surface area is 223 Å². The molecule has 3 aromatic rings. The number of aromatic nitrogens is 2. The van der Waals surface area contributed by atoms with Crippen LogP contribution in [-0.2, 0) is 0 Å². The van der Waals surface area contributed by atoms with Gasteiger partial charge in [-0.1, -0.05) is 34.8 Å². The molecule has 0 fully saturated rings. The Morgan fingerprint density at radius 3 is 2.35 bits per heavy atom. The lowest BCUT2D eigenvalue weighted by Crippen LogP contribution is -3.11. The van der Waals surface area contributed by atoms with E-state index in [1.54, 1.807) is 29.2 Å². The number of hydrogen-bond acceptors (Lipinski definition) is 4. The molecule has 0 amide bonds. The van der Waals surface area contributed by atoms with Gasteiger partial charge in [0.15, 0.2) is 5.82 Å². The van der Waals surface area contributed by atoms with E-state index in [2.05, 4.69) is 31.1 Å². The molecule has 5 nitrogen and oxygen atoms in total. The van der Waals surface area contributed by atoms with Crippen molar-refractivity contribution in [3.63, 3.8) is 0 Å². The number of fused-ring (bicyclic) bond motifs is 1. The predicted octanol–water partition coefficient (Wildman–Crippen LogP) is 2.85. The van der Waals surface area contributed by atoms with Gasteiger partial charge in [0.2, 0.25) is 0 Å². The highest BCUT2D eigenvalue weighted by atomic mass is 35.5. The summed E-state index contributed by atoms with van der Waals surface area (Å²) in [6, 6.07) is 9.24. The summed E-state index contributed by atoms with van der Waals surface area (Å²) in [4.78, 5) is 11.1. The number of hydrogen-bond donors (Lipinski definition) is 3. The van der Waals surface area contributed by atoms with Crippen LogP contribution in [0.4, 0.5) is 11.5 Å². The lowest BCUT2D eigenvalue weighted by atomic mass is 10.1. The summed E-state index contributed by atoms with van der Waals surface area (Å²) in [5.74, 6) is 1.32. The molecule has 34 heavy (non-hydrogen) atoms. The summed E-state index contributed by atoms with van der Waals surface area (Å²) in [6.07, 6.45) is 5.81. The third kappa shape index (κ3) is 7.62. The van der Waals surface area contributed by atoms with Crippen molar-refractivity contribution in [2.45, 2.75) is 39.7 Å². The summed E-state index contributed by atoms with van der Waals surface area (Å²) in [6.45, 7) is 10.1. The minimum atomic E-state index is 0. The number of halogens is 4. The average molecular weight is 543 g/mol. The maximum Gasteiger partial charge on any atom is 0.154 e. The van der Waals surface area contributed by atoms with E-state index in [0.29, 0.717) is 32.1 Å². The van der Waals surface area contributed by atoms with Gasteiger partial charge in [-0.15, -0.1) is 0 Å². The summed E-state index contributed by atoms with van der Waals surface area (Å²) < 4.78 is 0. The van der Waals surface area contributed by atoms with E-state index in [1.807, 2.05) is 18.2 Å². The minimum Gasteiger partial charge on any atom is -1.00 e. The van der Waals surface area contributed by atoms with Crippen molar-refractivity contribution < 1.29 is 17.3 Å². The Morgan fingerprint density at radius 1 is 1.03 bits per heavy atom. The van der Waals surface area contributed by atoms with Crippen molar-refractivity contribution in [3.05, 3.63) is 56.8 Å². The number of benzene rings is 2. The van der Waals surface area contributed by atoms with Gasteiger partial charge in [0.1, 0.15) is 5.82 Å². The van der Waals surface area contributed by atoms with E-state index < -0.39 is 0 Å². The highest BCUT2D eigenvalue weighted by Crippen LogP contribution is 2.31. The molecule has 0 saturated carbocycles. The number of nitrogen functional groups attached to an aromatic ring is 1. The van der Waals surface area contributed by atoms with Crippen LogP contribution in [0.2, 0.25) is 15.1 Å². The molecular weight excluding hydrogens is 512 g/mol. The molecule has 1 atom stereocenters. The van der Waals surface area contributed by atoms with Crippen LogP contribution in [0.25, 0.3) is 23.1 Å². The van der Waals surface area contributed by atoms with E-state index in [9.17, 15) is 0 Å². The Balaban J connectivity index is 0.00000408. The summed E-state index contributed by atoms with van der Waals surface area (Å²) >= 11 is 18.7. The summed E-state index contributed by atoms with van der Waals surface area (Å²) in [5.41, 5.74) is 8.21. The Morgan fingerprint density at radius 2 is 1.71 bits per heavy atom. The molecule has 3 rings (SSSR count). The second-order valence-corrected chi connectivity index (χ2v) is 9.47. The van der Waals surface area contributed by atoms with Gasteiger partial charge >= 0.3 is 0 Å². The van der Waals surface area contributed by atoms with E-state index >= 15 is 0 Å². The van der Waals surface area contributed by atoms with Gasteiger partial charge in [-0.05, 0) is 76.1 Å². The number of rotatable bonds is 10. The Bertz CT molecular complexity index is 1110. The molecule has 4 N–H and O–H groups in total. The summed E-state index contributed by atoms with van der Waals surface area (Å²) in [7, 11) is 0. The second-order valence-electron chi connectivity index (χ2n) is 8.22. The van der Waals surface area contributed by atoms with Gasteiger partial charge in [0, 0.05) is 27.7 Å². The molecule has 0 radical (unpaired) electrons. The van der Waals surface area contributed by atoms with Crippen LogP contribution in [0.15, 0.2) is 30.3 Å². The van der Waals surface area contributed by atoms with E-state index in [0.717, 1.165) is 42.7 Å². The third-order valence-corrected chi connectivity index (χ3v) is 6.57. The number of anilines is 2. The first kappa shape index (κ1) is 28.5. The van der Waals surface area contributed by atoms with Crippen molar-refractivity contribution in [2.24, 2.45) is 0 Å². The van der Waals surface area contributed by atoms with Crippen LogP contribution in [0.3, 0.4) is 0 Å². The largest absolute Gasteiger partial charge is 1.00 e. The van der Waals surface area contributed by atoms with Crippen molar-refractivity contribution in [1.29, 1.82) is 0 Å². The predicted molar refractivity (Wildman–Crippen MR) is 144 cm³/mol. The van der Waals surface area contributed by atoms with Crippen LogP contribution in [0.1, 0.15) is 45.0 Å². The summed E-state index contributed by atoms with van der Waals surface area (Å²) in [5, 5.41) is 5.90. The number of nitrogens with two attached hydrogens (primary N) is 1. The first-order chi connectivity index (χ1) is 15.8. The zero-order valence-electron chi connectivity index (χ0n) is 19.6. The van der Waals surface area contributed by atoms with E-state index in [-0.39, 0.29) is 18.4 Å². The monoisotopic (exact) mass is 541 g/mol. The van der Waals surface area contributed by atoms with Gasteiger partial charge in [-0.3, -0.25) is 0 Å². The first-order valence-electron chi connectivity index (χ1n) is 11.3. The zero-order valence-corrected chi connectivity index (χ0v) is 22.7. The minimum absolute atomic E-state index is 0. The van der Waals surface area contributed by atoms with Crippen LogP contribution in [0, 0.1) is 0 Å². The van der Waals surface area contributed by atoms with Crippen LogP contribution in [-0.4, -0.2) is 35.6 Å². The van der Waals surface area contributed by atoms with Crippen LogP contribution >= 0.6 is 34.8 Å². The van der Waals surface area contributed by atoms with Crippen molar-refractivity contribution in [3.8, 4) is 0 Å². The Hall–Kier alpha value is -1.76. The molecule has 184 valence electrons. The molecule has 9 heteroatoms. The SMILES string of the molecule is CC[NH+](CC)CCCC(C)Nc1nc(/C=C/c2c(Cl)cc(Cl)cc2Cl)nc2ccc(N)cc12.[Cl-]. The van der Waals surface area contributed by atoms with Gasteiger partial charge in [-0.25, -0.2) is 9.97 Å². The highest BCUT2D eigenvalue weighted by Gasteiger charge is 2.12. The van der Waals surface area contributed by atoms with Gasteiger partial charge in [0.05, 0.1) is 35.2 Å². The number of quaternary nitrogens is 1. The molecule has 1 heterocycles. The highest BCUT2D eigenvalue weighted by molar-refractivity contribution is 6.40. The molecule has 1 aromatic heterocycles. The molecule has 0 aliphatic carbocycles. The fraction of sp³-hybridized carbons (Fsp3) is 0.360. The Kier molecular flexibility index (Phi) is 11.2. The van der Waals surface area contributed by atoms with Gasteiger partial charge in [0.25, 0.3) is 0 Å². The van der Waals surface area contributed by atoms with Crippen molar-refractivity contribution in [1.82, 2.24) is 9.97 Å². The molecule has 0 aliphatic heterocycles. The molecule has 1 unspecified atom stereocenters. The first-order valence-corrected chi connectivity index (χ1v) is 12.4. The topological polar surface area (TPSA) is 68.3 Å². The lowest BCUT2D eigenvalue weighted by Gasteiger charge is -2.19. The maximum absolute atomic E-state index is 6.32. The van der Waals surface area contributed by atoms with Crippen molar-refractivity contribution >= 4 is 69.4 Å². The molecule has 2 aromatic carbocycles. The fourth-order valence-electron chi connectivity index (χ4n) is 3.79. The normalized spacial score (nSPS) is 12.3. The molecular formula is C25H31Cl4N5. The zero-order chi connectivity index (χ0) is 24.0. The molecule has 0 spiro atoms. The average Bonchev–Trinajstić information content (AvgIpc) is 2.76. The molecule has 0 bridgehead atoms. The van der Waals surface area contributed by atoms with Crippen LogP contribution in [0.5, 0.6) is 0 Å². The smallest absolute Gasteiger partial charge is 0.154 e. The van der Waals surface area contributed by atoms with E-state index in [4.69, 9.17) is 45.5 Å². The molecule has 0 saturated heterocycles. The fourth-order valence-corrected chi connectivity index (χ4v) is 4.73. The van der Waals surface area contributed by atoms with Gasteiger partial charge in [-0.2, -0.15) is 0 Å². The number of nitrogens with zero attached hydrogens (tertiary/aromatic N) is 2. The standard InChI is InChI=1S/C25H30Cl3N5.ClH/c1-4-33(5-2)12-6-7-16(3)30-25-20-15-18(29)8-10-23(20)31-24(32-25)11-9-19-21(27)13-17(26)14-22(19)28;/h8-11,13-16H,4-7,12,29H2,1-3H3,(H,30,31,32);1H/b11-9+;. The molecule has 0 aliphatic rings. The van der Waals surface area contributed by atoms with Crippen LogP contribution < -0.4 is 28.4 Å². The maximum atomic E-state index is 6.32. The second kappa shape index (κ2) is 13.4. The lowest BCUT2D eigenvalue weighted by molar-refractivity contribution is -0.896. The van der Waals surface area contributed by atoms with Crippen molar-refractivity contribution in [2.75, 3.05) is 30.7 Å².